The van der Waals surface area contributed by atoms with Crippen LogP contribution in [0.4, 0.5) is 4.79 Å². The van der Waals surface area contributed by atoms with E-state index in [9.17, 15) is 19.2 Å². The molecule has 34 heavy (non-hydrogen) atoms. The second kappa shape index (κ2) is 11.9. The van der Waals surface area contributed by atoms with Crippen molar-refractivity contribution >= 4 is 23.9 Å². The molecule has 0 bridgehead atoms. The molecule has 0 unspecified atom stereocenters. The van der Waals surface area contributed by atoms with Gasteiger partial charge in [0.1, 0.15) is 29.3 Å². The second-order valence-electron chi connectivity index (χ2n) is 11.8. The molecule has 9 heteroatoms. The number of amides is 3. The number of ether oxygens (including phenoxy) is 2. The van der Waals surface area contributed by atoms with Gasteiger partial charge in [-0.2, -0.15) is 0 Å². The van der Waals surface area contributed by atoms with E-state index in [0.29, 0.717) is 25.8 Å². The molecule has 196 valence electrons. The highest BCUT2D eigenvalue weighted by molar-refractivity contribution is 5.93. The molecule has 0 aromatic rings. The fourth-order valence-corrected chi connectivity index (χ4v) is 3.74. The van der Waals surface area contributed by atoms with Gasteiger partial charge in [0, 0.05) is 6.54 Å². The molecule has 1 fully saturated rings. The maximum atomic E-state index is 13.4. The molecule has 0 aromatic carbocycles. The van der Waals surface area contributed by atoms with Gasteiger partial charge in [0.2, 0.25) is 11.8 Å². The van der Waals surface area contributed by atoms with Gasteiger partial charge >= 0.3 is 12.1 Å². The first-order chi connectivity index (χ1) is 15.4. The topological polar surface area (TPSA) is 114 Å². The highest BCUT2D eigenvalue weighted by Crippen LogP contribution is 2.23. The van der Waals surface area contributed by atoms with Crippen molar-refractivity contribution in [3.63, 3.8) is 0 Å². The molecule has 1 aliphatic heterocycles. The van der Waals surface area contributed by atoms with Crippen molar-refractivity contribution in [2.75, 3.05) is 6.54 Å². The molecule has 0 saturated carbocycles. The number of carbonyl (C=O) groups excluding carboxylic acids is 4. The molecule has 3 atom stereocenters. The van der Waals surface area contributed by atoms with Gasteiger partial charge in [-0.15, -0.1) is 0 Å². The molecule has 0 aliphatic carbocycles. The minimum atomic E-state index is -0.857. The van der Waals surface area contributed by atoms with Crippen LogP contribution in [0, 0.1) is 11.8 Å². The number of carbonyl (C=O) groups is 4. The third-order valence-electron chi connectivity index (χ3n) is 5.16. The van der Waals surface area contributed by atoms with Crippen molar-refractivity contribution < 1.29 is 28.7 Å². The highest BCUT2D eigenvalue weighted by Gasteiger charge is 2.41. The predicted molar refractivity (Wildman–Crippen MR) is 130 cm³/mol. The average molecular weight is 484 g/mol. The third kappa shape index (κ3) is 9.89. The van der Waals surface area contributed by atoms with Gasteiger partial charge in [-0.25, -0.2) is 9.59 Å². The normalized spacial score (nSPS) is 18.5. The fourth-order valence-electron chi connectivity index (χ4n) is 3.74. The summed E-state index contributed by atoms with van der Waals surface area (Å²) in [6.45, 7) is 18.6. The van der Waals surface area contributed by atoms with Crippen molar-refractivity contribution in [3.05, 3.63) is 0 Å². The molecule has 0 aromatic heterocycles. The van der Waals surface area contributed by atoms with Crippen LogP contribution in [0.3, 0.4) is 0 Å². The van der Waals surface area contributed by atoms with E-state index in [4.69, 9.17) is 9.47 Å². The number of hydrogen-bond donors (Lipinski definition) is 2. The van der Waals surface area contributed by atoms with Crippen molar-refractivity contribution in [2.45, 2.75) is 118 Å². The zero-order chi connectivity index (χ0) is 26.4. The summed E-state index contributed by atoms with van der Waals surface area (Å²) in [5.41, 5.74) is -1.36. The Hall–Kier alpha value is -2.32. The summed E-state index contributed by atoms with van der Waals surface area (Å²) in [6, 6.07) is -2.37. The van der Waals surface area contributed by atoms with Crippen LogP contribution in [0.25, 0.3) is 0 Å². The number of rotatable bonds is 8. The van der Waals surface area contributed by atoms with E-state index >= 15 is 0 Å². The van der Waals surface area contributed by atoms with Crippen molar-refractivity contribution in [1.29, 1.82) is 0 Å². The number of nitrogens with zero attached hydrogens (tertiary/aromatic N) is 1. The first kappa shape index (κ1) is 29.7. The summed E-state index contributed by atoms with van der Waals surface area (Å²) in [4.78, 5) is 53.1. The summed E-state index contributed by atoms with van der Waals surface area (Å²) in [5, 5.41) is 5.46. The standard InChI is InChI=1S/C25H45N3O6/c1-15(2)14-17(26-23(32)34-25(8,9)10)20(29)27-19(16(3)4)21(30)28-13-11-12-18(28)22(31)33-24(5,6)7/h15-19H,11-14H2,1-10H3,(H,26,32)(H,27,29)/t17-,18-,19-/m0/s1. The Balaban J connectivity index is 3.00. The predicted octanol–water partition coefficient (Wildman–Crippen LogP) is 3.40. The van der Waals surface area contributed by atoms with E-state index in [1.54, 1.807) is 41.5 Å². The van der Waals surface area contributed by atoms with E-state index in [2.05, 4.69) is 10.6 Å². The number of hydrogen-bond acceptors (Lipinski definition) is 6. The Labute approximate surface area is 204 Å². The lowest BCUT2D eigenvalue weighted by molar-refractivity contribution is -0.163. The Morgan fingerprint density at radius 2 is 1.47 bits per heavy atom. The Kier molecular flexibility index (Phi) is 10.4. The van der Waals surface area contributed by atoms with Crippen LogP contribution in [-0.4, -0.2) is 64.6 Å². The van der Waals surface area contributed by atoms with Crippen molar-refractivity contribution in [2.24, 2.45) is 11.8 Å². The molecule has 0 radical (unpaired) electrons. The maximum absolute atomic E-state index is 13.4. The molecule has 1 rings (SSSR count). The smallest absolute Gasteiger partial charge is 0.408 e. The molecule has 0 spiro atoms. The average Bonchev–Trinajstić information content (AvgIpc) is 3.11. The number of likely N-dealkylation sites (tertiary alicyclic amines) is 1. The summed E-state index contributed by atoms with van der Waals surface area (Å²) in [6.07, 6.45) is 0.902. The Morgan fingerprint density at radius 1 is 0.912 bits per heavy atom. The quantitative estimate of drug-likeness (QED) is 0.512. The zero-order valence-electron chi connectivity index (χ0n) is 22.6. The van der Waals surface area contributed by atoms with Crippen LogP contribution in [0.2, 0.25) is 0 Å². The van der Waals surface area contributed by atoms with Crippen LogP contribution in [0.15, 0.2) is 0 Å². The molecular formula is C25H45N3O6. The van der Waals surface area contributed by atoms with Gasteiger partial charge in [0.05, 0.1) is 0 Å². The van der Waals surface area contributed by atoms with E-state index in [0.717, 1.165) is 0 Å². The highest BCUT2D eigenvalue weighted by atomic mass is 16.6. The molecule has 1 heterocycles. The molecular weight excluding hydrogens is 438 g/mol. The van der Waals surface area contributed by atoms with Gasteiger partial charge < -0.3 is 25.0 Å². The number of alkyl carbamates (subject to hydrolysis) is 1. The van der Waals surface area contributed by atoms with Gasteiger partial charge in [-0.3, -0.25) is 9.59 Å². The van der Waals surface area contributed by atoms with Crippen LogP contribution in [-0.2, 0) is 23.9 Å². The van der Waals surface area contributed by atoms with Crippen molar-refractivity contribution in [1.82, 2.24) is 15.5 Å². The first-order valence-corrected chi connectivity index (χ1v) is 12.2. The summed E-state index contributed by atoms with van der Waals surface area (Å²) >= 11 is 0. The third-order valence-corrected chi connectivity index (χ3v) is 5.16. The van der Waals surface area contributed by atoms with E-state index in [-0.39, 0.29) is 17.7 Å². The summed E-state index contributed by atoms with van der Waals surface area (Å²) in [5.74, 6) is -1.32. The number of nitrogens with one attached hydrogen (secondary N) is 2. The second-order valence-corrected chi connectivity index (χ2v) is 11.8. The summed E-state index contributed by atoms with van der Waals surface area (Å²) in [7, 11) is 0. The SMILES string of the molecule is CC(C)C[C@H](NC(=O)OC(C)(C)C)C(=O)N[C@H](C(=O)N1CCC[C@H]1C(=O)OC(C)(C)C)C(C)C. The van der Waals surface area contributed by atoms with E-state index in [1.807, 2.05) is 27.7 Å². The zero-order valence-corrected chi connectivity index (χ0v) is 22.6. The lowest BCUT2D eigenvalue weighted by atomic mass is 9.99. The Morgan fingerprint density at radius 3 is 1.94 bits per heavy atom. The van der Waals surface area contributed by atoms with Gasteiger partial charge in [0.15, 0.2) is 0 Å². The molecule has 9 nitrogen and oxygen atoms in total. The van der Waals surface area contributed by atoms with Gasteiger partial charge in [-0.1, -0.05) is 27.7 Å². The van der Waals surface area contributed by atoms with E-state index in [1.165, 1.54) is 4.90 Å². The molecule has 1 aliphatic rings. The lowest BCUT2D eigenvalue weighted by Gasteiger charge is -2.32. The summed E-state index contributed by atoms with van der Waals surface area (Å²) < 4.78 is 10.8. The molecule has 3 amide bonds. The van der Waals surface area contributed by atoms with Gasteiger partial charge in [0.25, 0.3) is 0 Å². The maximum Gasteiger partial charge on any atom is 0.408 e. The largest absolute Gasteiger partial charge is 0.458 e. The molecule has 1 saturated heterocycles. The first-order valence-electron chi connectivity index (χ1n) is 12.2. The minimum absolute atomic E-state index is 0.119. The van der Waals surface area contributed by atoms with E-state index < -0.39 is 47.3 Å². The number of esters is 1. The van der Waals surface area contributed by atoms with Crippen LogP contribution in [0.5, 0.6) is 0 Å². The lowest BCUT2D eigenvalue weighted by Crippen LogP contribution is -2.58. The fraction of sp³-hybridized carbons (Fsp3) is 0.840. The van der Waals surface area contributed by atoms with Crippen LogP contribution >= 0.6 is 0 Å². The Bertz CT molecular complexity index is 736. The van der Waals surface area contributed by atoms with Gasteiger partial charge in [-0.05, 0) is 72.6 Å². The van der Waals surface area contributed by atoms with Crippen LogP contribution in [0.1, 0.15) is 88.5 Å². The van der Waals surface area contributed by atoms with Crippen LogP contribution < -0.4 is 10.6 Å². The molecule has 2 N–H and O–H groups in total. The minimum Gasteiger partial charge on any atom is -0.458 e. The monoisotopic (exact) mass is 483 g/mol. The van der Waals surface area contributed by atoms with Crippen molar-refractivity contribution in [3.8, 4) is 0 Å².